The maximum Gasteiger partial charge on any atom is 0.261 e. The molecule has 0 aliphatic carbocycles. The van der Waals surface area contributed by atoms with Crippen LogP contribution in [0.1, 0.15) is 9.67 Å². The van der Waals surface area contributed by atoms with Crippen LogP contribution in [0.3, 0.4) is 0 Å². The molecule has 0 spiro atoms. The Morgan fingerprint density at radius 3 is 2.30 bits per heavy atom. The van der Waals surface area contributed by atoms with Crippen molar-refractivity contribution in [3.05, 3.63) is 52.7 Å². The highest BCUT2D eigenvalue weighted by Crippen LogP contribution is 2.15. The molecule has 27 heavy (non-hydrogen) atoms. The Bertz CT molecular complexity index is 772. The number of benzene rings is 1. The van der Waals surface area contributed by atoms with Crippen molar-refractivity contribution in [2.75, 3.05) is 44.2 Å². The first kappa shape index (κ1) is 18.9. The van der Waals surface area contributed by atoms with Gasteiger partial charge in [0.1, 0.15) is 0 Å². The molecule has 3 amide bonds. The standard InChI is InChI=1S/C19H22N4O3S/c24-17(13-21-19(26)16-7-4-12-27-16)20-14-18(25)23-10-8-22(9-11-23)15-5-2-1-3-6-15/h1-7,12H,8-11,13-14H2,(H,20,24)(H,21,26). The zero-order valence-corrected chi connectivity index (χ0v) is 15.7. The van der Waals surface area contributed by atoms with E-state index in [2.05, 4.69) is 27.7 Å². The van der Waals surface area contributed by atoms with Crippen molar-refractivity contribution in [3.63, 3.8) is 0 Å². The Labute approximate surface area is 162 Å². The lowest BCUT2D eigenvalue weighted by atomic mass is 10.2. The molecule has 1 saturated heterocycles. The van der Waals surface area contributed by atoms with Gasteiger partial charge in [0, 0.05) is 31.9 Å². The smallest absolute Gasteiger partial charge is 0.261 e. The van der Waals surface area contributed by atoms with Gasteiger partial charge in [-0.1, -0.05) is 24.3 Å². The molecule has 2 aromatic rings. The first-order valence-corrected chi connectivity index (χ1v) is 9.67. The Hall–Kier alpha value is -2.87. The fourth-order valence-electron chi connectivity index (χ4n) is 2.86. The first-order chi connectivity index (χ1) is 13.1. The first-order valence-electron chi connectivity index (χ1n) is 8.79. The van der Waals surface area contributed by atoms with Crippen LogP contribution in [0.15, 0.2) is 47.8 Å². The van der Waals surface area contributed by atoms with E-state index >= 15 is 0 Å². The summed E-state index contributed by atoms with van der Waals surface area (Å²) in [6.07, 6.45) is 0. The monoisotopic (exact) mass is 386 g/mol. The average Bonchev–Trinajstić information content (AvgIpc) is 3.26. The third-order valence-corrected chi connectivity index (χ3v) is 5.21. The number of hydrogen-bond acceptors (Lipinski definition) is 5. The zero-order chi connectivity index (χ0) is 19.1. The van der Waals surface area contributed by atoms with E-state index < -0.39 is 0 Å². The number of nitrogens with zero attached hydrogens (tertiary/aromatic N) is 2. The van der Waals surface area contributed by atoms with E-state index in [1.54, 1.807) is 22.4 Å². The van der Waals surface area contributed by atoms with Gasteiger partial charge in [-0.25, -0.2) is 0 Å². The van der Waals surface area contributed by atoms with Gasteiger partial charge in [-0.3, -0.25) is 14.4 Å². The van der Waals surface area contributed by atoms with Crippen LogP contribution in [0.5, 0.6) is 0 Å². The van der Waals surface area contributed by atoms with Crippen LogP contribution in [-0.4, -0.2) is 61.9 Å². The van der Waals surface area contributed by atoms with Crippen LogP contribution in [0.2, 0.25) is 0 Å². The molecule has 1 aromatic heterocycles. The topological polar surface area (TPSA) is 81.8 Å². The van der Waals surface area contributed by atoms with Crippen LogP contribution in [0, 0.1) is 0 Å². The molecule has 8 heteroatoms. The number of rotatable bonds is 6. The maximum absolute atomic E-state index is 12.3. The second kappa shape index (κ2) is 9.18. The number of anilines is 1. The van der Waals surface area contributed by atoms with Gasteiger partial charge in [0.2, 0.25) is 11.8 Å². The van der Waals surface area contributed by atoms with E-state index in [0.717, 1.165) is 18.8 Å². The van der Waals surface area contributed by atoms with Crippen molar-refractivity contribution in [3.8, 4) is 0 Å². The summed E-state index contributed by atoms with van der Waals surface area (Å²) in [5.74, 6) is -0.777. The minimum atomic E-state index is -0.379. The van der Waals surface area contributed by atoms with E-state index in [4.69, 9.17) is 0 Å². The number of carbonyl (C=O) groups excluding carboxylic acids is 3. The SMILES string of the molecule is O=C(CNC(=O)c1cccs1)NCC(=O)N1CCN(c2ccccc2)CC1. The third kappa shape index (κ3) is 5.30. The van der Waals surface area contributed by atoms with Gasteiger partial charge < -0.3 is 20.4 Å². The van der Waals surface area contributed by atoms with Crippen LogP contribution >= 0.6 is 11.3 Å². The van der Waals surface area contributed by atoms with Crippen LogP contribution in [0.25, 0.3) is 0 Å². The lowest BCUT2D eigenvalue weighted by Crippen LogP contribution is -2.51. The lowest BCUT2D eigenvalue weighted by Gasteiger charge is -2.36. The molecule has 1 aliphatic rings. The number of nitrogens with one attached hydrogen (secondary N) is 2. The van der Waals surface area contributed by atoms with Crippen LogP contribution in [0.4, 0.5) is 5.69 Å². The summed E-state index contributed by atoms with van der Waals surface area (Å²) in [5, 5.41) is 6.90. The van der Waals surface area contributed by atoms with Crippen molar-refractivity contribution in [2.24, 2.45) is 0 Å². The molecular formula is C19H22N4O3S. The lowest BCUT2D eigenvalue weighted by molar-refractivity contribution is -0.132. The average molecular weight is 386 g/mol. The van der Waals surface area contributed by atoms with Gasteiger partial charge in [-0.2, -0.15) is 0 Å². The maximum atomic E-state index is 12.3. The second-order valence-corrected chi connectivity index (χ2v) is 7.09. The van der Waals surface area contributed by atoms with E-state index in [1.165, 1.54) is 11.3 Å². The zero-order valence-electron chi connectivity index (χ0n) is 14.9. The molecule has 7 nitrogen and oxygen atoms in total. The van der Waals surface area contributed by atoms with E-state index in [-0.39, 0.29) is 30.8 Å². The molecule has 0 radical (unpaired) electrons. The largest absolute Gasteiger partial charge is 0.368 e. The summed E-state index contributed by atoms with van der Waals surface area (Å²) in [6.45, 7) is 2.57. The molecule has 1 aromatic carbocycles. The molecule has 2 heterocycles. The van der Waals surface area contributed by atoms with Gasteiger partial charge in [-0.15, -0.1) is 11.3 Å². The predicted octanol–water partition coefficient (Wildman–Crippen LogP) is 0.943. The number of piperazine rings is 1. The van der Waals surface area contributed by atoms with Crippen molar-refractivity contribution in [1.82, 2.24) is 15.5 Å². The van der Waals surface area contributed by atoms with Crippen molar-refractivity contribution in [2.45, 2.75) is 0 Å². The molecule has 1 fully saturated rings. The highest BCUT2D eigenvalue weighted by Gasteiger charge is 2.21. The van der Waals surface area contributed by atoms with E-state index in [1.807, 2.05) is 18.2 Å². The molecule has 142 valence electrons. The Kier molecular flexibility index (Phi) is 6.43. The van der Waals surface area contributed by atoms with Gasteiger partial charge in [-0.05, 0) is 23.6 Å². The minimum Gasteiger partial charge on any atom is -0.368 e. The van der Waals surface area contributed by atoms with Gasteiger partial charge in [0.15, 0.2) is 0 Å². The Morgan fingerprint density at radius 1 is 0.889 bits per heavy atom. The van der Waals surface area contributed by atoms with E-state index in [0.29, 0.717) is 18.0 Å². The highest BCUT2D eigenvalue weighted by atomic mass is 32.1. The molecule has 1 aliphatic heterocycles. The summed E-state index contributed by atoms with van der Waals surface area (Å²) in [4.78, 5) is 40.4. The normalized spacial score (nSPS) is 13.9. The van der Waals surface area contributed by atoms with Gasteiger partial charge in [0.05, 0.1) is 18.0 Å². The fourth-order valence-corrected chi connectivity index (χ4v) is 3.50. The van der Waals surface area contributed by atoms with E-state index in [9.17, 15) is 14.4 Å². The van der Waals surface area contributed by atoms with Gasteiger partial charge >= 0.3 is 0 Å². The minimum absolute atomic E-state index is 0.0565. The van der Waals surface area contributed by atoms with Crippen LogP contribution in [-0.2, 0) is 9.59 Å². The number of thiophene rings is 1. The van der Waals surface area contributed by atoms with Crippen molar-refractivity contribution >= 4 is 34.7 Å². The summed E-state index contributed by atoms with van der Waals surface area (Å²) in [5.41, 5.74) is 1.15. The number of para-hydroxylation sites is 1. The molecule has 2 N–H and O–H groups in total. The third-order valence-electron chi connectivity index (χ3n) is 4.34. The molecule has 0 atom stereocenters. The molecule has 0 bridgehead atoms. The summed E-state index contributed by atoms with van der Waals surface area (Å²) in [7, 11) is 0. The summed E-state index contributed by atoms with van der Waals surface area (Å²) in [6, 6.07) is 13.6. The Balaban J connectivity index is 1.36. The van der Waals surface area contributed by atoms with Crippen LogP contribution < -0.4 is 15.5 Å². The number of hydrogen-bond donors (Lipinski definition) is 2. The molecular weight excluding hydrogens is 364 g/mol. The molecule has 0 unspecified atom stereocenters. The molecule has 0 saturated carbocycles. The van der Waals surface area contributed by atoms with Gasteiger partial charge in [0.25, 0.3) is 5.91 Å². The second-order valence-electron chi connectivity index (χ2n) is 6.14. The summed E-state index contributed by atoms with van der Waals surface area (Å²) < 4.78 is 0. The van der Waals surface area contributed by atoms with Crippen molar-refractivity contribution < 1.29 is 14.4 Å². The predicted molar refractivity (Wildman–Crippen MR) is 105 cm³/mol. The molecule has 3 rings (SSSR count). The van der Waals surface area contributed by atoms with Crippen molar-refractivity contribution in [1.29, 1.82) is 0 Å². The summed E-state index contributed by atoms with van der Waals surface area (Å²) >= 11 is 1.31. The fraction of sp³-hybridized carbons (Fsp3) is 0.316. The Morgan fingerprint density at radius 2 is 1.63 bits per heavy atom. The number of carbonyl (C=O) groups is 3. The number of amides is 3. The highest BCUT2D eigenvalue weighted by molar-refractivity contribution is 7.12. The quantitative estimate of drug-likeness (QED) is 0.774.